The molecule has 0 aliphatic heterocycles. The van der Waals surface area contributed by atoms with E-state index in [4.69, 9.17) is 23.4 Å². The summed E-state index contributed by atoms with van der Waals surface area (Å²) in [5.41, 5.74) is 0. The number of carbonyl (C=O) groups is 5. The number of carbonyl (C=O) groups excluding carboxylic acids is 5. The summed E-state index contributed by atoms with van der Waals surface area (Å²) in [6, 6.07) is 4.90. The molecule has 0 bridgehead atoms. The highest BCUT2D eigenvalue weighted by Gasteiger charge is 2.46. The van der Waals surface area contributed by atoms with Gasteiger partial charge in [0, 0.05) is 40.8 Å². The van der Waals surface area contributed by atoms with Crippen molar-refractivity contribution in [3.05, 3.63) is 24.4 Å². The van der Waals surface area contributed by atoms with Crippen LogP contribution in [-0.4, -0.2) is 80.7 Å². The Kier molecular flexibility index (Phi) is 12.9. The zero-order chi connectivity index (χ0) is 30.8. The number of anilines is 1. The number of amides is 1. The maximum Gasteiger partial charge on any atom is 0.303 e. The van der Waals surface area contributed by atoms with Crippen LogP contribution >= 0.6 is 0 Å². The van der Waals surface area contributed by atoms with Gasteiger partial charge in [0.15, 0.2) is 32.7 Å². The van der Waals surface area contributed by atoms with Gasteiger partial charge in [-0.2, -0.15) is 0 Å². The van der Waals surface area contributed by atoms with E-state index in [0.717, 1.165) is 20.8 Å². The number of ether oxygens (including phenoxy) is 4. The van der Waals surface area contributed by atoms with Gasteiger partial charge in [0.1, 0.15) is 5.82 Å². The summed E-state index contributed by atoms with van der Waals surface area (Å²) in [4.78, 5) is 66.9. The molecule has 1 rings (SSSR count). The maximum atomic E-state index is 12.6. The molecule has 0 aliphatic rings. The van der Waals surface area contributed by atoms with Crippen LogP contribution in [0.25, 0.3) is 0 Å². The van der Waals surface area contributed by atoms with Crippen LogP contribution in [0.15, 0.2) is 24.4 Å². The predicted molar refractivity (Wildman–Crippen MR) is 148 cm³/mol. The van der Waals surface area contributed by atoms with Gasteiger partial charge in [-0.25, -0.2) is 4.98 Å². The molecule has 0 unspecified atom stereocenters. The summed E-state index contributed by atoms with van der Waals surface area (Å²) in [6.07, 6.45) is -4.09. The van der Waals surface area contributed by atoms with E-state index in [1.807, 2.05) is 33.9 Å². The molecular weight excluding hydrogens is 540 g/mol. The molecule has 0 aliphatic carbocycles. The van der Waals surface area contributed by atoms with Crippen molar-refractivity contribution in [3.63, 3.8) is 0 Å². The number of pyridine rings is 1. The third kappa shape index (κ3) is 11.0. The normalized spacial score (nSPS) is 14.7. The quantitative estimate of drug-likeness (QED) is 0.192. The van der Waals surface area contributed by atoms with Crippen molar-refractivity contribution in [3.8, 4) is 0 Å². The van der Waals surface area contributed by atoms with Gasteiger partial charge in [-0.15, -0.1) is 0 Å². The molecule has 0 radical (unpaired) electrons. The van der Waals surface area contributed by atoms with Crippen LogP contribution in [0.3, 0.4) is 0 Å². The van der Waals surface area contributed by atoms with Gasteiger partial charge in [0.2, 0.25) is 5.91 Å². The Labute approximate surface area is 236 Å². The Morgan fingerprint density at radius 3 is 1.68 bits per heavy atom. The maximum absolute atomic E-state index is 12.6. The van der Waals surface area contributed by atoms with Crippen LogP contribution in [0.5, 0.6) is 0 Å². The number of hydrogen-bond donors (Lipinski definition) is 0. The topological polar surface area (TPSA) is 148 Å². The predicted octanol–water partition coefficient (Wildman–Crippen LogP) is 3.18. The molecule has 0 fully saturated rings. The lowest BCUT2D eigenvalue weighted by Crippen LogP contribution is -2.57. The summed E-state index contributed by atoms with van der Waals surface area (Å²) in [7, 11) is -2.40. The Morgan fingerprint density at radius 2 is 1.27 bits per heavy atom. The third-order valence-corrected chi connectivity index (χ3v) is 10.9. The zero-order valence-electron chi connectivity index (χ0n) is 25.0. The number of rotatable bonds is 13. The van der Waals surface area contributed by atoms with E-state index in [-0.39, 0.29) is 24.0 Å². The summed E-state index contributed by atoms with van der Waals surface area (Å²) in [6.45, 7) is 15.4. The first-order valence-electron chi connectivity index (χ1n) is 12.9. The number of nitrogens with zero attached hydrogens (tertiary/aromatic N) is 2. The van der Waals surface area contributed by atoms with E-state index in [2.05, 4.69) is 4.98 Å². The Balaban J connectivity index is 3.67. The second kappa shape index (κ2) is 14.9. The lowest BCUT2D eigenvalue weighted by molar-refractivity contribution is -0.199. The van der Waals surface area contributed by atoms with Gasteiger partial charge < -0.3 is 23.4 Å². The van der Waals surface area contributed by atoms with Crippen LogP contribution < -0.4 is 4.90 Å². The Hall–Kier alpha value is -3.32. The van der Waals surface area contributed by atoms with Crippen molar-refractivity contribution in [2.45, 2.75) is 97.9 Å². The average Bonchev–Trinajstić information content (AvgIpc) is 2.80. The van der Waals surface area contributed by atoms with Crippen molar-refractivity contribution < 1.29 is 47.3 Å². The summed E-state index contributed by atoms with van der Waals surface area (Å²) >= 11 is 0. The smallest absolute Gasteiger partial charge is 0.303 e. The molecule has 1 aromatic rings. The van der Waals surface area contributed by atoms with E-state index in [0.29, 0.717) is 0 Å². The molecule has 40 heavy (non-hydrogen) atoms. The number of aromatic nitrogens is 1. The highest BCUT2D eigenvalue weighted by atomic mass is 28.4. The van der Waals surface area contributed by atoms with Crippen LogP contribution in [0.2, 0.25) is 18.1 Å². The van der Waals surface area contributed by atoms with E-state index in [1.165, 1.54) is 24.9 Å². The molecule has 0 spiro atoms. The third-order valence-electron chi connectivity index (χ3n) is 6.38. The first-order chi connectivity index (χ1) is 18.4. The second-order valence-electron chi connectivity index (χ2n) is 10.8. The summed E-state index contributed by atoms with van der Waals surface area (Å²) in [5, 5.41) is -0.203. The minimum Gasteiger partial charge on any atom is -0.457 e. The van der Waals surface area contributed by atoms with Crippen molar-refractivity contribution in [2.75, 3.05) is 18.1 Å². The molecular formula is C27H42N2O10Si. The fourth-order valence-electron chi connectivity index (χ4n) is 3.51. The molecule has 224 valence electrons. The van der Waals surface area contributed by atoms with Crippen molar-refractivity contribution in [2.24, 2.45) is 0 Å². The standard InChI is InChI=1S/C27H42N2O10Si/c1-17(30)29(24-13-11-12-14-28-24)15-22(36-18(2)31)25(38-20(4)33)26(39-21(5)34)23(37-19(3)32)16-35-40(9,10)27(6,7)8/h11-14,22-23,25-26H,15-16H2,1-10H3/t22-,23-,25-,26-/m1/s1. The summed E-state index contributed by atoms with van der Waals surface area (Å²) in [5.74, 6) is -3.23. The molecule has 0 aromatic carbocycles. The van der Waals surface area contributed by atoms with Crippen molar-refractivity contribution in [1.82, 2.24) is 4.98 Å². The molecule has 0 saturated heterocycles. The van der Waals surface area contributed by atoms with E-state index >= 15 is 0 Å². The zero-order valence-corrected chi connectivity index (χ0v) is 26.0. The number of hydrogen-bond acceptors (Lipinski definition) is 11. The van der Waals surface area contributed by atoms with Crippen LogP contribution in [-0.2, 0) is 47.3 Å². The Bertz CT molecular complexity index is 1040. The number of esters is 4. The largest absolute Gasteiger partial charge is 0.457 e. The SMILES string of the molecule is CC(=O)O[C@@H]([C@H](OC(C)=O)[C@@H](CN(C(C)=O)c1ccccn1)OC(C)=O)[C@@H](CO[Si](C)(C)C(C)(C)C)OC(C)=O. The van der Waals surface area contributed by atoms with E-state index < -0.39 is 62.5 Å². The highest BCUT2D eigenvalue weighted by molar-refractivity contribution is 6.74. The van der Waals surface area contributed by atoms with Gasteiger partial charge in [0.05, 0.1) is 13.2 Å². The molecule has 4 atom stereocenters. The van der Waals surface area contributed by atoms with E-state index in [1.54, 1.807) is 18.2 Å². The van der Waals surface area contributed by atoms with Gasteiger partial charge in [-0.3, -0.25) is 28.9 Å². The van der Waals surface area contributed by atoms with E-state index in [9.17, 15) is 24.0 Å². The second-order valence-corrected chi connectivity index (χ2v) is 15.6. The Morgan fingerprint density at radius 1 is 0.800 bits per heavy atom. The minimum absolute atomic E-state index is 0.199. The van der Waals surface area contributed by atoms with Gasteiger partial charge in [-0.1, -0.05) is 26.8 Å². The van der Waals surface area contributed by atoms with Crippen LogP contribution in [0, 0.1) is 0 Å². The van der Waals surface area contributed by atoms with Crippen LogP contribution in [0.1, 0.15) is 55.4 Å². The van der Waals surface area contributed by atoms with Crippen molar-refractivity contribution in [1.29, 1.82) is 0 Å². The van der Waals surface area contributed by atoms with Crippen LogP contribution in [0.4, 0.5) is 5.82 Å². The molecule has 12 nitrogen and oxygen atoms in total. The van der Waals surface area contributed by atoms with Gasteiger partial charge in [-0.05, 0) is 30.3 Å². The van der Waals surface area contributed by atoms with Crippen molar-refractivity contribution >= 4 is 43.9 Å². The lowest BCUT2D eigenvalue weighted by Gasteiger charge is -2.40. The average molecular weight is 583 g/mol. The molecule has 1 amide bonds. The lowest BCUT2D eigenvalue weighted by atomic mass is 10.0. The minimum atomic E-state index is -2.40. The fraction of sp³-hybridized carbons (Fsp3) is 0.630. The molecule has 1 aromatic heterocycles. The molecule has 0 N–H and O–H groups in total. The first kappa shape index (κ1) is 34.7. The molecule has 1 heterocycles. The highest BCUT2D eigenvalue weighted by Crippen LogP contribution is 2.37. The monoisotopic (exact) mass is 582 g/mol. The van der Waals surface area contributed by atoms with Gasteiger partial charge in [0.25, 0.3) is 0 Å². The van der Waals surface area contributed by atoms with Gasteiger partial charge >= 0.3 is 23.9 Å². The molecule has 0 saturated carbocycles. The first-order valence-corrected chi connectivity index (χ1v) is 15.8. The molecule has 13 heteroatoms. The summed E-state index contributed by atoms with van der Waals surface area (Å²) < 4.78 is 28.5. The fourth-order valence-corrected chi connectivity index (χ4v) is 4.52.